The molecule has 0 fully saturated rings. The van der Waals surface area contributed by atoms with Gasteiger partial charge in [-0.3, -0.25) is 4.79 Å². The first kappa shape index (κ1) is 13.2. The van der Waals surface area contributed by atoms with Gasteiger partial charge in [-0.2, -0.15) is 0 Å². The monoisotopic (exact) mass is 464 g/mol. The van der Waals surface area contributed by atoms with Gasteiger partial charge in [0.05, 0.1) is 0 Å². The van der Waals surface area contributed by atoms with Crippen LogP contribution in [0.4, 0.5) is 0 Å². The summed E-state index contributed by atoms with van der Waals surface area (Å²) in [6.07, 6.45) is 0. The zero-order valence-electron chi connectivity index (χ0n) is 8.58. The second-order valence-corrected chi connectivity index (χ2v) is 6.48. The molecule has 0 heterocycles. The molecule has 0 aliphatic rings. The summed E-state index contributed by atoms with van der Waals surface area (Å²) in [5.41, 5.74) is 1.38. The minimum absolute atomic E-state index is 0.0305. The van der Waals surface area contributed by atoms with Gasteiger partial charge in [0.25, 0.3) is 0 Å². The van der Waals surface area contributed by atoms with Crippen LogP contribution in [0.3, 0.4) is 0 Å². The van der Waals surface area contributed by atoms with Crippen LogP contribution in [0.25, 0.3) is 0 Å². The molecule has 1 nitrogen and oxygen atoms in total. The van der Waals surface area contributed by atoms with Gasteiger partial charge in [0.1, 0.15) is 0 Å². The Labute approximate surface area is 130 Å². The SMILES string of the molecule is O=C(c1ccc(Br)cc1)c1cc(I)ccc1Br. The van der Waals surface area contributed by atoms with E-state index in [0.717, 1.165) is 12.5 Å². The van der Waals surface area contributed by atoms with Crippen LogP contribution in [-0.4, -0.2) is 5.78 Å². The van der Waals surface area contributed by atoms with Crippen LogP contribution >= 0.6 is 54.5 Å². The van der Waals surface area contributed by atoms with Crippen molar-refractivity contribution in [3.8, 4) is 0 Å². The van der Waals surface area contributed by atoms with Crippen LogP contribution in [-0.2, 0) is 0 Å². The van der Waals surface area contributed by atoms with E-state index in [9.17, 15) is 4.79 Å². The molecule has 0 unspecified atom stereocenters. The Balaban J connectivity index is 2.43. The molecule has 0 N–H and O–H groups in total. The van der Waals surface area contributed by atoms with Crippen LogP contribution < -0.4 is 0 Å². The van der Waals surface area contributed by atoms with E-state index in [2.05, 4.69) is 54.5 Å². The minimum Gasteiger partial charge on any atom is -0.289 e. The average molecular weight is 466 g/mol. The summed E-state index contributed by atoms with van der Waals surface area (Å²) in [5.74, 6) is 0.0305. The fourth-order valence-electron chi connectivity index (χ4n) is 1.43. The summed E-state index contributed by atoms with van der Waals surface area (Å²) in [6, 6.07) is 13.1. The zero-order chi connectivity index (χ0) is 12.4. The molecule has 0 aliphatic carbocycles. The van der Waals surface area contributed by atoms with E-state index >= 15 is 0 Å². The summed E-state index contributed by atoms with van der Waals surface area (Å²) < 4.78 is 2.84. The van der Waals surface area contributed by atoms with Crippen LogP contribution in [0.5, 0.6) is 0 Å². The van der Waals surface area contributed by atoms with Crippen molar-refractivity contribution in [3.05, 3.63) is 66.1 Å². The second-order valence-electron chi connectivity index (χ2n) is 3.46. The normalized spacial score (nSPS) is 10.3. The molecule has 2 rings (SSSR count). The summed E-state index contributed by atoms with van der Waals surface area (Å²) in [7, 11) is 0. The first-order valence-corrected chi connectivity index (χ1v) is 7.50. The van der Waals surface area contributed by atoms with E-state index in [-0.39, 0.29) is 5.78 Å². The summed E-state index contributed by atoms with van der Waals surface area (Å²) >= 11 is 8.96. The Morgan fingerprint density at radius 1 is 1.00 bits per heavy atom. The van der Waals surface area contributed by atoms with Crippen molar-refractivity contribution in [3.63, 3.8) is 0 Å². The van der Waals surface area contributed by atoms with Crippen molar-refractivity contribution >= 4 is 60.2 Å². The molecule has 0 aliphatic heterocycles. The predicted octanol–water partition coefficient (Wildman–Crippen LogP) is 5.05. The van der Waals surface area contributed by atoms with Crippen LogP contribution in [0.15, 0.2) is 51.4 Å². The third kappa shape index (κ3) is 3.17. The lowest BCUT2D eigenvalue weighted by Crippen LogP contribution is -2.02. The van der Waals surface area contributed by atoms with E-state index < -0.39 is 0 Å². The van der Waals surface area contributed by atoms with E-state index in [1.807, 2.05) is 42.5 Å². The first-order valence-electron chi connectivity index (χ1n) is 4.83. The summed E-state index contributed by atoms with van der Waals surface area (Å²) in [4.78, 5) is 12.3. The zero-order valence-corrected chi connectivity index (χ0v) is 13.9. The Morgan fingerprint density at radius 3 is 2.29 bits per heavy atom. The smallest absolute Gasteiger partial charge is 0.194 e. The van der Waals surface area contributed by atoms with Crippen molar-refractivity contribution < 1.29 is 4.79 Å². The standard InChI is InChI=1S/C13H7Br2IO/c14-9-3-1-8(2-4-9)13(17)11-7-10(16)5-6-12(11)15/h1-7H. The average Bonchev–Trinajstić information content (AvgIpc) is 2.32. The Morgan fingerprint density at radius 2 is 1.65 bits per heavy atom. The van der Waals surface area contributed by atoms with Crippen LogP contribution in [0.1, 0.15) is 15.9 Å². The number of benzene rings is 2. The molecule has 0 aromatic heterocycles. The van der Waals surface area contributed by atoms with Gasteiger partial charge in [-0.25, -0.2) is 0 Å². The quantitative estimate of drug-likeness (QED) is 0.448. The van der Waals surface area contributed by atoms with Crippen molar-refractivity contribution in [2.45, 2.75) is 0 Å². The molecule has 0 atom stereocenters. The van der Waals surface area contributed by atoms with E-state index in [0.29, 0.717) is 11.1 Å². The molecule has 0 radical (unpaired) electrons. The van der Waals surface area contributed by atoms with Gasteiger partial charge in [0, 0.05) is 23.6 Å². The maximum atomic E-state index is 12.3. The molecule has 4 heteroatoms. The lowest BCUT2D eigenvalue weighted by molar-refractivity contribution is 0.103. The van der Waals surface area contributed by atoms with Gasteiger partial charge in [-0.1, -0.05) is 31.9 Å². The fraction of sp³-hybridized carbons (Fsp3) is 0. The highest BCUT2D eigenvalue weighted by atomic mass is 127. The van der Waals surface area contributed by atoms with Crippen molar-refractivity contribution in [2.75, 3.05) is 0 Å². The number of hydrogen-bond acceptors (Lipinski definition) is 1. The fourth-order valence-corrected chi connectivity index (χ4v) is 2.61. The Hall–Kier alpha value is -0.200. The molecule has 86 valence electrons. The van der Waals surface area contributed by atoms with E-state index in [4.69, 9.17) is 0 Å². The number of carbonyl (C=O) groups is 1. The summed E-state index contributed by atoms with van der Waals surface area (Å²) in [6.45, 7) is 0. The lowest BCUT2D eigenvalue weighted by atomic mass is 10.0. The van der Waals surface area contributed by atoms with Gasteiger partial charge in [0.2, 0.25) is 0 Å². The van der Waals surface area contributed by atoms with Crippen molar-refractivity contribution in [1.29, 1.82) is 0 Å². The van der Waals surface area contributed by atoms with E-state index in [1.165, 1.54) is 0 Å². The highest BCUT2D eigenvalue weighted by Gasteiger charge is 2.12. The number of halogens is 3. The molecule has 17 heavy (non-hydrogen) atoms. The Kier molecular flexibility index (Phi) is 4.38. The van der Waals surface area contributed by atoms with Gasteiger partial charge >= 0.3 is 0 Å². The maximum Gasteiger partial charge on any atom is 0.194 e. The predicted molar refractivity (Wildman–Crippen MR) is 84.4 cm³/mol. The molecular formula is C13H7Br2IO. The first-order chi connectivity index (χ1) is 8.08. The van der Waals surface area contributed by atoms with E-state index in [1.54, 1.807) is 0 Å². The molecular weight excluding hydrogens is 459 g/mol. The van der Waals surface area contributed by atoms with Crippen molar-refractivity contribution in [1.82, 2.24) is 0 Å². The second kappa shape index (κ2) is 5.63. The van der Waals surface area contributed by atoms with Gasteiger partial charge in [-0.05, 0) is 65.1 Å². The molecule has 0 saturated carbocycles. The Bertz CT molecular complexity index is 564. The van der Waals surface area contributed by atoms with Crippen LogP contribution in [0.2, 0.25) is 0 Å². The lowest BCUT2D eigenvalue weighted by Gasteiger charge is -2.04. The van der Waals surface area contributed by atoms with Gasteiger partial charge < -0.3 is 0 Å². The topological polar surface area (TPSA) is 17.1 Å². The minimum atomic E-state index is 0.0305. The third-order valence-electron chi connectivity index (χ3n) is 2.28. The molecule has 2 aromatic carbocycles. The number of hydrogen-bond donors (Lipinski definition) is 0. The molecule has 0 saturated heterocycles. The highest BCUT2D eigenvalue weighted by molar-refractivity contribution is 14.1. The van der Waals surface area contributed by atoms with Gasteiger partial charge in [0.15, 0.2) is 5.78 Å². The number of ketones is 1. The van der Waals surface area contributed by atoms with Gasteiger partial charge in [-0.15, -0.1) is 0 Å². The highest BCUT2D eigenvalue weighted by Crippen LogP contribution is 2.23. The number of carbonyl (C=O) groups excluding carboxylic acids is 1. The number of rotatable bonds is 2. The summed E-state index contributed by atoms with van der Waals surface area (Å²) in [5, 5.41) is 0. The molecule has 2 aromatic rings. The largest absolute Gasteiger partial charge is 0.289 e. The molecule has 0 spiro atoms. The maximum absolute atomic E-state index is 12.3. The van der Waals surface area contributed by atoms with Crippen molar-refractivity contribution in [2.24, 2.45) is 0 Å². The third-order valence-corrected chi connectivity index (χ3v) is 4.17. The van der Waals surface area contributed by atoms with Crippen LogP contribution in [0, 0.1) is 3.57 Å². The molecule has 0 bridgehead atoms. The molecule has 0 amide bonds.